The molecule has 0 unspecified atom stereocenters. The van der Waals surface area contributed by atoms with Crippen LogP contribution in [0.1, 0.15) is 25.3 Å². The fraction of sp³-hybridized carbons (Fsp3) is 0.381. The predicted molar refractivity (Wildman–Crippen MR) is 114 cm³/mol. The number of carbonyl (C=O) groups is 1. The van der Waals surface area contributed by atoms with E-state index in [1.807, 2.05) is 13.8 Å². The normalized spacial score (nSPS) is 17.7. The molecule has 2 aromatic carbocycles. The van der Waals surface area contributed by atoms with Gasteiger partial charge in [0.1, 0.15) is 5.75 Å². The molecule has 29 heavy (non-hydrogen) atoms. The van der Waals surface area contributed by atoms with E-state index in [-0.39, 0.29) is 17.3 Å². The molecule has 1 heterocycles. The van der Waals surface area contributed by atoms with Gasteiger partial charge in [0.2, 0.25) is 15.9 Å². The van der Waals surface area contributed by atoms with Gasteiger partial charge in [0.05, 0.1) is 17.4 Å². The molecule has 8 heteroatoms. The van der Waals surface area contributed by atoms with Crippen LogP contribution in [0.5, 0.6) is 5.75 Å². The van der Waals surface area contributed by atoms with Crippen LogP contribution in [0.25, 0.3) is 0 Å². The molecule has 0 spiro atoms. The largest absolute Gasteiger partial charge is 0.494 e. The minimum atomic E-state index is -3.67. The Balaban J connectivity index is 1.71. The van der Waals surface area contributed by atoms with E-state index in [4.69, 9.17) is 16.3 Å². The zero-order valence-electron chi connectivity index (χ0n) is 16.5. The molecule has 0 radical (unpaired) electrons. The second kappa shape index (κ2) is 9.15. The molecule has 1 aliphatic rings. The molecule has 1 amide bonds. The first-order valence-electron chi connectivity index (χ1n) is 9.61. The monoisotopic (exact) mass is 436 g/mol. The van der Waals surface area contributed by atoms with E-state index >= 15 is 0 Å². The standard InChI is InChI=1S/C21H25ClN2O4S/c1-3-28-18-7-9-19(10-8-18)29(26,27)24-12-4-5-16(14-24)21(25)23-20-11-6-17(22)13-15(20)2/h6-11,13,16H,3-5,12,14H2,1-2H3,(H,23,25)/t16-/m1/s1. The van der Waals surface area contributed by atoms with Gasteiger partial charge in [-0.1, -0.05) is 11.6 Å². The van der Waals surface area contributed by atoms with Gasteiger partial charge in [-0.05, 0) is 74.7 Å². The topological polar surface area (TPSA) is 75.7 Å². The molecule has 1 saturated heterocycles. The van der Waals surface area contributed by atoms with Crippen LogP contribution in [0.3, 0.4) is 0 Å². The number of ether oxygens (including phenoxy) is 1. The number of benzene rings is 2. The fourth-order valence-corrected chi connectivity index (χ4v) is 5.15. The van der Waals surface area contributed by atoms with Crippen molar-refractivity contribution in [2.45, 2.75) is 31.6 Å². The molecule has 2 aromatic rings. The number of hydrogen-bond acceptors (Lipinski definition) is 4. The summed E-state index contributed by atoms with van der Waals surface area (Å²) in [6, 6.07) is 11.6. The highest BCUT2D eigenvalue weighted by molar-refractivity contribution is 7.89. The van der Waals surface area contributed by atoms with E-state index in [1.54, 1.807) is 42.5 Å². The van der Waals surface area contributed by atoms with Crippen molar-refractivity contribution in [3.05, 3.63) is 53.1 Å². The van der Waals surface area contributed by atoms with Crippen molar-refractivity contribution >= 4 is 33.2 Å². The Morgan fingerprint density at radius 3 is 2.62 bits per heavy atom. The van der Waals surface area contributed by atoms with Crippen LogP contribution in [-0.2, 0) is 14.8 Å². The zero-order chi connectivity index (χ0) is 21.0. The van der Waals surface area contributed by atoms with E-state index in [1.165, 1.54) is 4.31 Å². The van der Waals surface area contributed by atoms with Crippen LogP contribution < -0.4 is 10.1 Å². The molecule has 0 bridgehead atoms. The average molecular weight is 437 g/mol. The maximum atomic E-state index is 13.0. The third kappa shape index (κ3) is 5.10. The maximum Gasteiger partial charge on any atom is 0.243 e. The third-order valence-electron chi connectivity index (χ3n) is 4.97. The summed E-state index contributed by atoms with van der Waals surface area (Å²) in [5.74, 6) is 0.0407. The second-order valence-electron chi connectivity index (χ2n) is 7.06. The number of carbonyl (C=O) groups excluding carboxylic acids is 1. The lowest BCUT2D eigenvalue weighted by molar-refractivity contribution is -0.120. The van der Waals surface area contributed by atoms with Crippen LogP contribution in [0.4, 0.5) is 5.69 Å². The highest BCUT2D eigenvalue weighted by atomic mass is 35.5. The molecule has 1 fully saturated rings. The molecule has 0 aliphatic carbocycles. The van der Waals surface area contributed by atoms with Gasteiger partial charge in [0, 0.05) is 23.8 Å². The first-order valence-corrected chi connectivity index (χ1v) is 11.4. The van der Waals surface area contributed by atoms with Crippen LogP contribution in [0.2, 0.25) is 5.02 Å². The van der Waals surface area contributed by atoms with Crippen molar-refractivity contribution in [1.82, 2.24) is 4.31 Å². The number of sulfonamides is 1. The molecule has 1 aliphatic heterocycles. The number of nitrogens with one attached hydrogen (secondary N) is 1. The number of nitrogens with zero attached hydrogens (tertiary/aromatic N) is 1. The van der Waals surface area contributed by atoms with Crippen molar-refractivity contribution in [3.63, 3.8) is 0 Å². The predicted octanol–water partition coefficient (Wildman–Crippen LogP) is 4.09. The number of amides is 1. The Morgan fingerprint density at radius 2 is 1.97 bits per heavy atom. The molecule has 1 atom stereocenters. The van der Waals surface area contributed by atoms with E-state index < -0.39 is 15.9 Å². The number of piperidine rings is 1. The molecule has 0 saturated carbocycles. The molecular weight excluding hydrogens is 412 g/mol. The second-order valence-corrected chi connectivity index (χ2v) is 9.43. The van der Waals surface area contributed by atoms with Crippen molar-refractivity contribution < 1.29 is 17.9 Å². The SMILES string of the molecule is CCOc1ccc(S(=O)(=O)N2CCC[C@@H](C(=O)Nc3ccc(Cl)cc3C)C2)cc1. The highest BCUT2D eigenvalue weighted by Gasteiger charge is 2.33. The number of rotatable bonds is 6. The van der Waals surface area contributed by atoms with E-state index in [9.17, 15) is 13.2 Å². The maximum absolute atomic E-state index is 13.0. The summed E-state index contributed by atoms with van der Waals surface area (Å²) < 4.78 is 32.8. The van der Waals surface area contributed by atoms with Gasteiger partial charge in [0.15, 0.2) is 0 Å². The Hall–Kier alpha value is -2.09. The van der Waals surface area contributed by atoms with Crippen LogP contribution in [0, 0.1) is 12.8 Å². The van der Waals surface area contributed by atoms with Gasteiger partial charge in [-0.15, -0.1) is 0 Å². The van der Waals surface area contributed by atoms with Gasteiger partial charge in [-0.2, -0.15) is 4.31 Å². The Kier molecular flexibility index (Phi) is 6.82. The third-order valence-corrected chi connectivity index (χ3v) is 7.09. The van der Waals surface area contributed by atoms with Gasteiger partial charge in [-0.25, -0.2) is 8.42 Å². The van der Waals surface area contributed by atoms with Crippen molar-refractivity contribution in [2.75, 3.05) is 25.0 Å². The Bertz CT molecular complexity index is 977. The fourth-order valence-electron chi connectivity index (χ4n) is 3.40. The lowest BCUT2D eigenvalue weighted by Crippen LogP contribution is -2.43. The summed E-state index contributed by atoms with van der Waals surface area (Å²) in [5, 5.41) is 3.51. The molecule has 6 nitrogen and oxygen atoms in total. The highest BCUT2D eigenvalue weighted by Crippen LogP contribution is 2.27. The van der Waals surface area contributed by atoms with Crippen molar-refractivity contribution in [3.8, 4) is 5.75 Å². The lowest BCUT2D eigenvalue weighted by Gasteiger charge is -2.31. The van der Waals surface area contributed by atoms with Gasteiger partial charge in [-0.3, -0.25) is 4.79 Å². The van der Waals surface area contributed by atoms with Crippen LogP contribution >= 0.6 is 11.6 Å². The summed E-state index contributed by atoms with van der Waals surface area (Å²) in [7, 11) is -3.67. The van der Waals surface area contributed by atoms with Gasteiger partial charge in [0.25, 0.3) is 0 Å². The zero-order valence-corrected chi connectivity index (χ0v) is 18.1. The smallest absolute Gasteiger partial charge is 0.243 e. The minimum Gasteiger partial charge on any atom is -0.494 e. The molecule has 156 valence electrons. The average Bonchev–Trinajstić information content (AvgIpc) is 2.71. The molecular formula is C21H25ClN2O4S. The summed E-state index contributed by atoms with van der Waals surface area (Å²) in [4.78, 5) is 13.0. The number of halogens is 1. The van der Waals surface area contributed by atoms with E-state index in [0.29, 0.717) is 42.5 Å². The summed E-state index contributed by atoms with van der Waals surface area (Å²) in [6.07, 6.45) is 1.28. The first-order chi connectivity index (χ1) is 13.8. The molecule has 1 N–H and O–H groups in total. The number of hydrogen-bond donors (Lipinski definition) is 1. The van der Waals surface area contributed by atoms with Crippen molar-refractivity contribution in [1.29, 1.82) is 0 Å². The van der Waals surface area contributed by atoms with Crippen LogP contribution in [0.15, 0.2) is 47.4 Å². The number of anilines is 1. The van der Waals surface area contributed by atoms with Crippen molar-refractivity contribution in [2.24, 2.45) is 5.92 Å². The Morgan fingerprint density at radius 1 is 1.24 bits per heavy atom. The van der Waals surface area contributed by atoms with E-state index in [2.05, 4.69) is 5.32 Å². The number of aryl methyl sites for hydroxylation is 1. The lowest BCUT2D eigenvalue weighted by atomic mass is 9.98. The van der Waals surface area contributed by atoms with Gasteiger partial charge >= 0.3 is 0 Å². The Labute approximate surface area is 176 Å². The quantitative estimate of drug-likeness (QED) is 0.740. The molecule has 3 rings (SSSR count). The summed E-state index contributed by atoms with van der Waals surface area (Å²) in [5.41, 5.74) is 1.55. The minimum absolute atomic E-state index is 0.161. The van der Waals surface area contributed by atoms with E-state index in [0.717, 1.165) is 5.56 Å². The summed E-state index contributed by atoms with van der Waals surface area (Å²) in [6.45, 7) is 4.82. The summed E-state index contributed by atoms with van der Waals surface area (Å²) >= 11 is 5.96. The first kappa shape index (κ1) is 21.6. The van der Waals surface area contributed by atoms with Crippen LogP contribution in [-0.4, -0.2) is 38.3 Å². The van der Waals surface area contributed by atoms with Gasteiger partial charge < -0.3 is 10.1 Å². The molecule has 0 aromatic heterocycles.